The van der Waals surface area contributed by atoms with E-state index in [1.807, 2.05) is 0 Å². The third-order valence-corrected chi connectivity index (χ3v) is 4.01. The summed E-state index contributed by atoms with van der Waals surface area (Å²) in [5.74, 6) is -2.16. The van der Waals surface area contributed by atoms with Crippen molar-refractivity contribution in [2.75, 3.05) is 14.2 Å². The summed E-state index contributed by atoms with van der Waals surface area (Å²) < 4.78 is 50.5. The highest BCUT2D eigenvalue weighted by Crippen LogP contribution is 2.39. The van der Waals surface area contributed by atoms with Gasteiger partial charge in [-0.05, 0) is 12.1 Å². The number of ether oxygens (including phenoxy) is 2. The summed E-state index contributed by atoms with van der Waals surface area (Å²) in [5.41, 5.74) is 0.556. The molecule has 2 aromatic rings. The Labute approximate surface area is 128 Å². The van der Waals surface area contributed by atoms with Crippen molar-refractivity contribution in [3.8, 4) is 11.5 Å². The molecule has 0 radical (unpaired) electrons. The van der Waals surface area contributed by atoms with Crippen LogP contribution in [0.15, 0.2) is 30.3 Å². The van der Waals surface area contributed by atoms with Crippen LogP contribution >= 0.6 is 15.9 Å². The number of methoxy groups -OCH3 is 2. The quantitative estimate of drug-likeness (QED) is 0.585. The molecule has 0 bridgehead atoms. The minimum absolute atomic E-state index is 0.0163. The van der Waals surface area contributed by atoms with Gasteiger partial charge in [0.2, 0.25) is 0 Å². The summed E-state index contributed by atoms with van der Waals surface area (Å²) in [5, 5.41) is 0. The topological polar surface area (TPSA) is 18.5 Å². The summed E-state index contributed by atoms with van der Waals surface area (Å²) in [7, 11) is 2.97. The number of halogens is 4. The molecule has 1 unspecified atom stereocenters. The number of benzene rings is 2. The molecular weight excluding hydrogens is 349 g/mol. The molecule has 2 nitrogen and oxygen atoms in total. The van der Waals surface area contributed by atoms with Gasteiger partial charge in [-0.25, -0.2) is 13.2 Å². The second-order valence-corrected chi connectivity index (χ2v) is 5.17. The van der Waals surface area contributed by atoms with Crippen LogP contribution in [0.1, 0.15) is 16.0 Å². The van der Waals surface area contributed by atoms with E-state index < -0.39 is 22.3 Å². The number of hydrogen-bond acceptors (Lipinski definition) is 2. The van der Waals surface area contributed by atoms with Crippen LogP contribution in [-0.2, 0) is 0 Å². The smallest absolute Gasteiger partial charge is 0.161 e. The normalized spacial score (nSPS) is 12.1. The molecule has 0 amide bonds. The first-order valence-electron chi connectivity index (χ1n) is 5.98. The van der Waals surface area contributed by atoms with E-state index in [1.54, 1.807) is 18.2 Å². The van der Waals surface area contributed by atoms with E-state index in [9.17, 15) is 13.2 Å². The highest BCUT2D eigenvalue weighted by atomic mass is 79.9. The molecule has 0 heterocycles. The van der Waals surface area contributed by atoms with E-state index in [-0.39, 0.29) is 5.56 Å². The molecule has 1 atom stereocenters. The molecule has 2 rings (SSSR count). The number of hydrogen-bond donors (Lipinski definition) is 0. The molecule has 21 heavy (non-hydrogen) atoms. The largest absolute Gasteiger partial charge is 0.497 e. The first-order valence-corrected chi connectivity index (χ1v) is 6.90. The third-order valence-electron chi connectivity index (χ3n) is 3.03. The van der Waals surface area contributed by atoms with Gasteiger partial charge in [0.1, 0.15) is 17.3 Å². The second kappa shape index (κ2) is 6.39. The monoisotopic (exact) mass is 360 g/mol. The van der Waals surface area contributed by atoms with Crippen molar-refractivity contribution in [3.63, 3.8) is 0 Å². The Bertz CT molecular complexity index is 662. The molecule has 112 valence electrons. The lowest BCUT2D eigenvalue weighted by Gasteiger charge is -2.16. The lowest BCUT2D eigenvalue weighted by molar-refractivity contribution is 0.391. The average molecular weight is 361 g/mol. The van der Waals surface area contributed by atoms with Gasteiger partial charge in [0.05, 0.1) is 19.0 Å². The Hall–Kier alpha value is -1.69. The zero-order chi connectivity index (χ0) is 15.6. The van der Waals surface area contributed by atoms with Crippen LogP contribution in [0.4, 0.5) is 13.2 Å². The standard InChI is InChI=1S/C15H12BrF3O2/c1-20-8-3-4-9(14(5-8)21-2)15(16)10-6-12(18)13(19)7-11(10)17/h3-7,15H,1-2H3. The number of rotatable bonds is 4. The Morgan fingerprint density at radius 3 is 2.14 bits per heavy atom. The van der Waals surface area contributed by atoms with Gasteiger partial charge < -0.3 is 9.47 Å². The van der Waals surface area contributed by atoms with Crippen molar-refractivity contribution in [1.29, 1.82) is 0 Å². The Morgan fingerprint density at radius 1 is 0.857 bits per heavy atom. The Morgan fingerprint density at radius 2 is 1.52 bits per heavy atom. The van der Waals surface area contributed by atoms with Crippen LogP contribution in [0.3, 0.4) is 0 Å². The molecule has 2 aromatic carbocycles. The molecule has 0 saturated heterocycles. The molecule has 0 N–H and O–H groups in total. The van der Waals surface area contributed by atoms with Crippen LogP contribution in [0.5, 0.6) is 11.5 Å². The molecule has 6 heteroatoms. The van der Waals surface area contributed by atoms with Crippen LogP contribution in [0.25, 0.3) is 0 Å². The van der Waals surface area contributed by atoms with Gasteiger partial charge in [-0.15, -0.1) is 0 Å². The van der Waals surface area contributed by atoms with Crippen molar-refractivity contribution in [2.24, 2.45) is 0 Å². The molecule has 0 aliphatic heterocycles. The molecule has 0 saturated carbocycles. The Kier molecular flexibility index (Phi) is 4.77. The predicted molar refractivity (Wildman–Crippen MR) is 76.6 cm³/mol. The van der Waals surface area contributed by atoms with Crippen molar-refractivity contribution in [2.45, 2.75) is 4.83 Å². The van der Waals surface area contributed by atoms with Gasteiger partial charge in [0.15, 0.2) is 11.6 Å². The highest BCUT2D eigenvalue weighted by molar-refractivity contribution is 9.09. The van der Waals surface area contributed by atoms with Crippen LogP contribution < -0.4 is 9.47 Å². The second-order valence-electron chi connectivity index (χ2n) is 4.26. The third kappa shape index (κ3) is 3.15. The van der Waals surface area contributed by atoms with Gasteiger partial charge in [-0.3, -0.25) is 0 Å². The van der Waals surface area contributed by atoms with Crippen LogP contribution in [-0.4, -0.2) is 14.2 Å². The van der Waals surface area contributed by atoms with E-state index in [4.69, 9.17) is 9.47 Å². The minimum Gasteiger partial charge on any atom is -0.497 e. The molecule has 0 aliphatic carbocycles. The maximum absolute atomic E-state index is 13.8. The summed E-state index contributed by atoms with van der Waals surface area (Å²) in [6.45, 7) is 0. The summed E-state index contributed by atoms with van der Waals surface area (Å²) in [4.78, 5) is -0.687. The SMILES string of the molecule is COc1ccc(C(Br)c2cc(F)c(F)cc2F)c(OC)c1. The van der Waals surface area contributed by atoms with E-state index in [2.05, 4.69) is 15.9 Å². The maximum Gasteiger partial charge on any atom is 0.161 e. The zero-order valence-corrected chi connectivity index (χ0v) is 12.9. The summed E-state index contributed by atoms with van der Waals surface area (Å²) in [6, 6.07) is 6.31. The van der Waals surface area contributed by atoms with Gasteiger partial charge in [-0.1, -0.05) is 22.0 Å². The van der Waals surface area contributed by atoms with Crippen molar-refractivity contribution in [1.82, 2.24) is 0 Å². The van der Waals surface area contributed by atoms with Crippen LogP contribution in [0.2, 0.25) is 0 Å². The van der Waals surface area contributed by atoms with Gasteiger partial charge in [-0.2, -0.15) is 0 Å². The van der Waals surface area contributed by atoms with Gasteiger partial charge >= 0.3 is 0 Å². The predicted octanol–water partition coefficient (Wildman–Crippen LogP) is 4.61. The van der Waals surface area contributed by atoms with E-state index in [1.165, 1.54) is 14.2 Å². The van der Waals surface area contributed by atoms with Crippen molar-refractivity contribution >= 4 is 15.9 Å². The average Bonchev–Trinajstić information content (AvgIpc) is 2.49. The molecule has 0 spiro atoms. The van der Waals surface area contributed by atoms with Crippen molar-refractivity contribution < 1.29 is 22.6 Å². The summed E-state index contributed by atoms with van der Waals surface area (Å²) in [6.07, 6.45) is 0. The molecule has 0 aliphatic rings. The van der Waals surface area contributed by atoms with E-state index >= 15 is 0 Å². The molecule has 0 fully saturated rings. The highest BCUT2D eigenvalue weighted by Gasteiger charge is 2.21. The Balaban J connectivity index is 2.49. The van der Waals surface area contributed by atoms with Gasteiger partial charge in [0, 0.05) is 23.3 Å². The first-order chi connectivity index (χ1) is 9.97. The number of alkyl halides is 1. The molecular formula is C15H12BrF3O2. The fourth-order valence-corrected chi connectivity index (χ4v) is 2.66. The minimum atomic E-state index is -1.22. The molecule has 0 aromatic heterocycles. The van der Waals surface area contributed by atoms with E-state index in [0.29, 0.717) is 23.1 Å². The van der Waals surface area contributed by atoms with E-state index in [0.717, 1.165) is 6.07 Å². The summed E-state index contributed by atoms with van der Waals surface area (Å²) >= 11 is 3.29. The van der Waals surface area contributed by atoms with Crippen molar-refractivity contribution in [3.05, 3.63) is 58.9 Å². The van der Waals surface area contributed by atoms with Gasteiger partial charge in [0.25, 0.3) is 0 Å². The lowest BCUT2D eigenvalue weighted by Crippen LogP contribution is -2.02. The van der Waals surface area contributed by atoms with Crippen LogP contribution in [0, 0.1) is 17.5 Å². The first kappa shape index (κ1) is 15.7. The fourth-order valence-electron chi connectivity index (χ4n) is 1.93. The lowest BCUT2D eigenvalue weighted by atomic mass is 10.0. The fraction of sp³-hybridized carbons (Fsp3) is 0.200. The zero-order valence-electron chi connectivity index (χ0n) is 11.3. The maximum atomic E-state index is 13.8.